The molecular weight excluding hydrogens is 356 g/mol. The molecule has 2 saturated heterocycles. The highest BCUT2D eigenvalue weighted by Crippen LogP contribution is 2.40. The Morgan fingerprint density at radius 1 is 1.18 bits per heavy atom. The largest absolute Gasteiger partial charge is 0.391 e. The van der Waals surface area contributed by atoms with Gasteiger partial charge in [0.05, 0.1) is 17.2 Å². The summed E-state index contributed by atoms with van der Waals surface area (Å²) in [5.74, 6) is -0.0149. The number of likely N-dealkylation sites (N-methyl/N-ethyl adjacent to an activating group) is 1. The van der Waals surface area contributed by atoms with Crippen LogP contribution in [0.5, 0.6) is 0 Å². The first kappa shape index (κ1) is 18.7. The van der Waals surface area contributed by atoms with Crippen LogP contribution in [0.3, 0.4) is 0 Å². The fourth-order valence-corrected chi connectivity index (χ4v) is 4.58. The van der Waals surface area contributed by atoms with E-state index < -0.39 is 11.5 Å². The van der Waals surface area contributed by atoms with Crippen LogP contribution in [0.4, 0.5) is 0 Å². The molecule has 7 nitrogen and oxygen atoms in total. The summed E-state index contributed by atoms with van der Waals surface area (Å²) in [7, 11) is 3.57. The van der Waals surface area contributed by atoms with Crippen molar-refractivity contribution in [2.24, 2.45) is 12.5 Å². The lowest BCUT2D eigenvalue weighted by Crippen LogP contribution is -2.56. The van der Waals surface area contributed by atoms with Crippen molar-refractivity contribution in [1.82, 2.24) is 19.6 Å². The lowest BCUT2D eigenvalue weighted by atomic mass is 9.71. The van der Waals surface area contributed by atoms with Crippen LogP contribution in [0.15, 0.2) is 36.4 Å². The van der Waals surface area contributed by atoms with Crippen LogP contribution in [-0.2, 0) is 11.8 Å². The third-order valence-corrected chi connectivity index (χ3v) is 6.09. The predicted octanol–water partition coefficient (Wildman–Crippen LogP) is 1.53. The molecule has 1 atom stereocenters. The first-order chi connectivity index (χ1) is 13.4. The van der Waals surface area contributed by atoms with E-state index in [1.54, 1.807) is 21.5 Å². The third kappa shape index (κ3) is 3.20. The molecule has 0 bridgehead atoms. The second-order valence-electron chi connectivity index (χ2n) is 8.02. The summed E-state index contributed by atoms with van der Waals surface area (Å²) in [5.41, 5.74) is 1.79. The lowest BCUT2D eigenvalue weighted by molar-refractivity contribution is -0.154. The summed E-state index contributed by atoms with van der Waals surface area (Å²) < 4.78 is 1.73. The van der Waals surface area contributed by atoms with E-state index in [9.17, 15) is 14.7 Å². The Kier molecular flexibility index (Phi) is 4.71. The van der Waals surface area contributed by atoms with Crippen molar-refractivity contribution < 1.29 is 14.7 Å². The Morgan fingerprint density at radius 3 is 2.54 bits per heavy atom. The van der Waals surface area contributed by atoms with Gasteiger partial charge in [-0.15, -0.1) is 0 Å². The van der Waals surface area contributed by atoms with Crippen LogP contribution >= 0.6 is 0 Å². The smallest absolute Gasteiger partial charge is 0.274 e. The van der Waals surface area contributed by atoms with Crippen LogP contribution in [0, 0.1) is 5.41 Å². The van der Waals surface area contributed by atoms with Crippen LogP contribution in [0.2, 0.25) is 0 Å². The Hall–Kier alpha value is -2.67. The van der Waals surface area contributed by atoms with Gasteiger partial charge in [0.15, 0.2) is 5.69 Å². The number of carbonyl (C=O) groups excluding carboxylic acids is 2. The van der Waals surface area contributed by atoms with Crippen molar-refractivity contribution in [3.63, 3.8) is 0 Å². The summed E-state index contributed by atoms with van der Waals surface area (Å²) in [5, 5.41) is 14.5. The molecule has 2 aliphatic rings. The van der Waals surface area contributed by atoms with E-state index >= 15 is 0 Å². The van der Waals surface area contributed by atoms with E-state index in [1.165, 1.54) is 0 Å². The average molecular weight is 382 g/mol. The number of benzene rings is 1. The first-order valence-corrected chi connectivity index (χ1v) is 9.72. The topological polar surface area (TPSA) is 78.7 Å². The Labute approximate surface area is 164 Å². The van der Waals surface area contributed by atoms with Gasteiger partial charge < -0.3 is 14.9 Å². The highest BCUT2D eigenvalue weighted by Gasteiger charge is 2.48. The number of piperidine rings is 2. The van der Waals surface area contributed by atoms with Crippen molar-refractivity contribution in [1.29, 1.82) is 0 Å². The average Bonchev–Trinajstić information content (AvgIpc) is 3.08. The maximum atomic E-state index is 13.0. The first-order valence-electron chi connectivity index (χ1n) is 9.72. The number of hydrogen-bond acceptors (Lipinski definition) is 4. The van der Waals surface area contributed by atoms with Gasteiger partial charge in [0.2, 0.25) is 5.91 Å². The minimum Gasteiger partial charge on any atom is -0.391 e. The second kappa shape index (κ2) is 7.05. The van der Waals surface area contributed by atoms with Crippen LogP contribution < -0.4 is 0 Å². The van der Waals surface area contributed by atoms with Crippen molar-refractivity contribution in [3.8, 4) is 11.3 Å². The summed E-state index contributed by atoms with van der Waals surface area (Å²) in [4.78, 5) is 29.1. The lowest BCUT2D eigenvalue weighted by Gasteiger charge is -2.46. The molecule has 2 amide bonds. The molecule has 3 heterocycles. The van der Waals surface area contributed by atoms with Gasteiger partial charge in [-0.3, -0.25) is 14.3 Å². The Balaban J connectivity index is 1.48. The molecule has 1 spiro atoms. The molecule has 1 aromatic carbocycles. The maximum Gasteiger partial charge on any atom is 0.274 e. The third-order valence-electron chi connectivity index (χ3n) is 6.09. The molecule has 148 valence electrons. The number of aromatic nitrogens is 2. The quantitative estimate of drug-likeness (QED) is 0.854. The molecule has 1 N–H and O–H groups in total. The van der Waals surface area contributed by atoms with Crippen molar-refractivity contribution in [3.05, 3.63) is 42.1 Å². The molecule has 1 unspecified atom stereocenters. The Morgan fingerprint density at radius 2 is 1.86 bits per heavy atom. The Bertz CT molecular complexity index is 884. The summed E-state index contributed by atoms with van der Waals surface area (Å²) >= 11 is 0. The van der Waals surface area contributed by atoms with E-state index in [1.807, 2.05) is 43.4 Å². The number of aliphatic hydroxyl groups excluding tert-OH is 1. The molecule has 2 fully saturated rings. The number of nitrogens with zero attached hydrogens (tertiary/aromatic N) is 4. The van der Waals surface area contributed by atoms with E-state index in [0.717, 1.165) is 11.3 Å². The fraction of sp³-hybridized carbons (Fsp3) is 0.476. The van der Waals surface area contributed by atoms with E-state index in [0.29, 0.717) is 44.6 Å². The van der Waals surface area contributed by atoms with Gasteiger partial charge >= 0.3 is 0 Å². The number of aryl methyl sites for hydroxylation is 1. The molecule has 1 aromatic heterocycles. The minimum atomic E-state index is -0.539. The van der Waals surface area contributed by atoms with Crippen molar-refractivity contribution in [2.45, 2.75) is 25.4 Å². The van der Waals surface area contributed by atoms with E-state index in [4.69, 9.17) is 0 Å². The number of likely N-dealkylation sites (tertiary alicyclic amines) is 2. The van der Waals surface area contributed by atoms with Gasteiger partial charge in [-0.05, 0) is 30.9 Å². The summed E-state index contributed by atoms with van der Waals surface area (Å²) in [6, 6.07) is 11.7. The molecule has 2 aliphatic heterocycles. The molecule has 4 rings (SSSR count). The molecular formula is C21H26N4O3. The zero-order valence-electron chi connectivity index (χ0n) is 16.3. The summed E-state index contributed by atoms with van der Waals surface area (Å²) in [6.07, 6.45) is 1.16. The number of amides is 2. The molecule has 0 saturated carbocycles. The van der Waals surface area contributed by atoms with Gasteiger partial charge in [0, 0.05) is 33.7 Å². The molecule has 2 aromatic rings. The number of aliphatic hydroxyl groups is 1. The van der Waals surface area contributed by atoms with Gasteiger partial charge in [0.25, 0.3) is 5.91 Å². The standard InChI is InChI=1S/C21H26N4O3/c1-23-14-16(26)13-21(20(23)28)8-10-25(11-9-21)19(27)17-12-18(24(2)22-17)15-6-4-3-5-7-15/h3-7,12,16,26H,8-11,13-14H2,1-2H3. The number of hydrogen-bond donors (Lipinski definition) is 1. The van der Waals surface area contributed by atoms with Crippen molar-refractivity contribution >= 4 is 11.8 Å². The zero-order valence-corrected chi connectivity index (χ0v) is 16.3. The minimum absolute atomic E-state index is 0.0918. The summed E-state index contributed by atoms with van der Waals surface area (Å²) in [6.45, 7) is 1.39. The number of β-amino-alcohol motifs (C(OH)–C–C–N with tert-alkyl or cyclic N) is 1. The van der Waals surface area contributed by atoms with E-state index in [-0.39, 0.29) is 11.8 Å². The number of rotatable bonds is 2. The monoisotopic (exact) mass is 382 g/mol. The highest BCUT2D eigenvalue weighted by atomic mass is 16.3. The molecule has 28 heavy (non-hydrogen) atoms. The normalized spacial score (nSPS) is 22.0. The van der Waals surface area contributed by atoms with Crippen LogP contribution in [-0.4, -0.2) is 69.3 Å². The van der Waals surface area contributed by atoms with Gasteiger partial charge in [-0.2, -0.15) is 5.10 Å². The van der Waals surface area contributed by atoms with Gasteiger partial charge in [0.1, 0.15) is 0 Å². The van der Waals surface area contributed by atoms with Crippen molar-refractivity contribution in [2.75, 3.05) is 26.7 Å². The van der Waals surface area contributed by atoms with Gasteiger partial charge in [-0.25, -0.2) is 0 Å². The van der Waals surface area contributed by atoms with Crippen LogP contribution in [0.1, 0.15) is 29.8 Å². The van der Waals surface area contributed by atoms with Crippen LogP contribution in [0.25, 0.3) is 11.3 Å². The van der Waals surface area contributed by atoms with Gasteiger partial charge in [-0.1, -0.05) is 30.3 Å². The predicted molar refractivity (Wildman–Crippen MR) is 104 cm³/mol. The number of carbonyl (C=O) groups is 2. The highest BCUT2D eigenvalue weighted by molar-refractivity contribution is 5.94. The van der Waals surface area contributed by atoms with E-state index in [2.05, 4.69) is 5.10 Å². The molecule has 0 aliphatic carbocycles. The SMILES string of the molecule is CN1CC(O)CC2(CCN(C(=O)c3cc(-c4ccccc4)n(C)n3)CC2)C1=O. The maximum absolute atomic E-state index is 13.0. The molecule has 0 radical (unpaired) electrons. The molecule has 7 heteroatoms. The zero-order chi connectivity index (χ0) is 19.9. The second-order valence-corrected chi connectivity index (χ2v) is 8.02. The fourth-order valence-electron chi connectivity index (χ4n) is 4.58.